The molecular formula is C18H11F2NO4. The number of halogens is 2. The third kappa shape index (κ3) is 2.91. The summed E-state index contributed by atoms with van der Waals surface area (Å²) >= 11 is 0. The fourth-order valence-corrected chi connectivity index (χ4v) is 2.61. The predicted molar refractivity (Wildman–Crippen MR) is 84.4 cm³/mol. The summed E-state index contributed by atoms with van der Waals surface area (Å²) in [4.78, 5) is 36.4. The molecule has 126 valence electrons. The van der Waals surface area contributed by atoms with Crippen LogP contribution in [0.25, 0.3) is 11.6 Å². The Morgan fingerprint density at radius 3 is 2.16 bits per heavy atom. The molecule has 0 aromatic heterocycles. The Balaban J connectivity index is 2.22. The largest absolute Gasteiger partial charge is 0.480 e. The first-order valence-electron chi connectivity index (χ1n) is 7.23. The Morgan fingerprint density at radius 1 is 0.960 bits per heavy atom. The van der Waals surface area contributed by atoms with Crippen LogP contribution in [0.1, 0.15) is 21.5 Å². The average Bonchev–Trinajstić information content (AvgIpc) is 2.57. The van der Waals surface area contributed by atoms with Crippen molar-refractivity contribution in [1.82, 2.24) is 4.90 Å². The molecule has 1 N–H and O–H groups in total. The number of hydrogen-bond acceptors (Lipinski definition) is 3. The van der Waals surface area contributed by atoms with Gasteiger partial charge >= 0.3 is 5.97 Å². The van der Waals surface area contributed by atoms with Crippen molar-refractivity contribution in [3.05, 3.63) is 70.8 Å². The first kappa shape index (κ1) is 16.5. The maximum absolute atomic E-state index is 13.9. The van der Waals surface area contributed by atoms with Crippen LogP contribution in [-0.2, 0) is 9.59 Å². The van der Waals surface area contributed by atoms with Crippen molar-refractivity contribution in [2.45, 2.75) is 0 Å². The van der Waals surface area contributed by atoms with Gasteiger partial charge < -0.3 is 5.11 Å². The molecule has 0 fully saturated rings. The van der Waals surface area contributed by atoms with Gasteiger partial charge in [0.05, 0.1) is 0 Å². The lowest BCUT2D eigenvalue weighted by Gasteiger charge is -2.27. The lowest BCUT2D eigenvalue weighted by molar-refractivity contribution is -0.141. The molecule has 0 radical (unpaired) electrons. The van der Waals surface area contributed by atoms with Gasteiger partial charge in [0.1, 0.15) is 18.2 Å². The van der Waals surface area contributed by atoms with E-state index in [0.717, 1.165) is 18.2 Å². The summed E-state index contributed by atoms with van der Waals surface area (Å²) in [7, 11) is 0. The first-order valence-corrected chi connectivity index (χ1v) is 7.23. The highest BCUT2D eigenvalue weighted by Gasteiger charge is 2.36. The molecule has 0 atom stereocenters. The standard InChI is InChI=1S/C18H11F2NO4/c19-14-6-3-7-15(20)13(14)8-12-10-4-1-2-5-11(10)17(24)21(18(12)25)9-16(22)23/h1-8H,9H2,(H,22,23)/b12-8-. The zero-order chi connectivity index (χ0) is 18.1. The van der Waals surface area contributed by atoms with Gasteiger partial charge in [-0.15, -0.1) is 0 Å². The Bertz CT molecular complexity index is 916. The van der Waals surface area contributed by atoms with Gasteiger partial charge in [-0.1, -0.05) is 24.3 Å². The highest BCUT2D eigenvalue weighted by molar-refractivity contribution is 6.34. The van der Waals surface area contributed by atoms with E-state index in [-0.39, 0.29) is 16.7 Å². The minimum absolute atomic E-state index is 0.0892. The van der Waals surface area contributed by atoms with E-state index in [1.807, 2.05) is 0 Å². The molecule has 0 bridgehead atoms. The van der Waals surface area contributed by atoms with Crippen molar-refractivity contribution >= 4 is 29.4 Å². The molecular weight excluding hydrogens is 332 g/mol. The van der Waals surface area contributed by atoms with Crippen LogP contribution in [0.5, 0.6) is 0 Å². The van der Waals surface area contributed by atoms with Crippen LogP contribution >= 0.6 is 0 Å². The molecule has 0 unspecified atom stereocenters. The van der Waals surface area contributed by atoms with E-state index < -0.39 is 41.5 Å². The number of imide groups is 1. The molecule has 0 spiro atoms. The van der Waals surface area contributed by atoms with Gasteiger partial charge in [0.2, 0.25) is 0 Å². The molecule has 3 rings (SSSR count). The topological polar surface area (TPSA) is 74.7 Å². The molecule has 2 aromatic carbocycles. The first-order chi connectivity index (χ1) is 11.9. The summed E-state index contributed by atoms with van der Waals surface area (Å²) in [5.41, 5.74) is -0.307. The normalized spacial score (nSPS) is 15.4. The highest BCUT2D eigenvalue weighted by atomic mass is 19.1. The quantitative estimate of drug-likeness (QED) is 0.687. The van der Waals surface area contributed by atoms with Gasteiger partial charge in [0, 0.05) is 16.7 Å². The van der Waals surface area contributed by atoms with E-state index in [2.05, 4.69) is 0 Å². The van der Waals surface area contributed by atoms with Gasteiger partial charge in [-0.05, 0) is 29.8 Å². The number of carboxylic acid groups (broad SMARTS) is 1. The lowest BCUT2D eigenvalue weighted by atomic mass is 9.92. The second kappa shape index (κ2) is 6.27. The van der Waals surface area contributed by atoms with Gasteiger partial charge in [-0.2, -0.15) is 0 Å². The third-order valence-corrected chi connectivity index (χ3v) is 3.75. The number of amides is 2. The average molecular weight is 343 g/mol. The molecule has 2 amide bonds. The van der Waals surface area contributed by atoms with E-state index in [0.29, 0.717) is 4.90 Å². The Morgan fingerprint density at radius 2 is 1.56 bits per heavy atom. The summed E-state index contributed by atoms with van der Waals surface area (Å²) in [6.07, 6.45) is 0.993. The van der Waals surface area contributed by atoms with Crippen molar-refractivity contribution in [2.75, 3.05) is 6.54 Å². The number of aliphatic carboxylic acids is 1. The van der Waals surface area contributed by atoms with Gasteiger partial charge in [0.15, 0.2) is 0 Å². The summed E-state index contributed by atoms with van der Waals surface area (Å²) in [5.74, 6) is -4.82. The highest BCUT2D eigenvalue weighted by Crippen LogP contribution is 2.31. The third-order valence-electron chi connectivity index (χ3n) is 3.75. The molecule has 1 aliphatic rings. The zero-order valence-corrected chi connectivity index (χ0v) is 12.7. The summed E-state index contributed by atoms with van der Waals surface area (Å²) in [6, 6.07) is 9.26. The molecule has 2 aromatic rings. The Hall–Kier alpha value is -3.35. The number of carbonyl (C=O) groups excluding carboxylic acids is 2. The van der Waals surface area contributed by atoms with Gasteiger partial charge in [0.25, 0.3) is 11.8 Å². The molecule has 7 heteroatoms. The molecule has 0 aliphatic carbocycles. The fourth-order valence-electron chi connectivity index (χ4n) is 2.61. The summed E-state index contributed by atoms with van der Waals surface area (Å²) in [5, 5.41) is 8.93. The summed E-state index contributed by atoms with van der Waals surface area (Å²) in [6.45, 7) is -0.844. The maximum atomic E-state index is 13.9. The summed E-state index contributed by atoms with van der Waals surface area (Å²) < 4.78 is 27.8. The molecule has 1 aliphatic heterocycles. The number of carboxylic acids is 1. The minimum Gasteiger partial charge on any atom is -0.480 e. The maximum Gasteiger partial charge on any atom is 0.323 e. The van der Waals surface area contributed by atoms with Crippen molar-refractivity contribution in [3.8, 4) is 0 Å². The van der Waals surface area contributed by atoms with E-state index >= 15 is 0 Å². The predicted octanol–water partition coefficient (Wildman–Crippen LogP) is 2.57. The van der Waals surface area contributed by atoms with Crippen molar-refractivity contribution in [1.29, 1.82) is 0 Å². The molecule has 0 saturated carbocycles. The van der Waals surface area contributed by atoms with Crippen LogP contribution in [0, 0.1) is 11.6 Å². The van der Waals surface area contributed by atoms with Crippen LogP contribution in [0.4, 0.5) is 8.78 Å². The number of carbonyl (C=O) groups is 3. The number of hydrogen-bond donors (Lipinski definition) is 1. The van der Waals surface area contributed by atoms with Crippen molar-refractivity contribution in [2.24, 2.45) is 0 Å². The SMILES string of the molecule is O=C(O)CN1C(=O)/C(=C\c2c(F)cccc2F)c2ccccc2C1=O. The molecule has 0 saturated heterocycles. The van der Waals surface area contributed by atoms with E-state index in [1.54, 1.807) is 12.1 Å². The van der Waals surface area contributed by atoms with Crippen molar-refractivity contribution < 1.29 is 28.3 Å². The molecule has 25 heavy (non-hydrogen) atoms. The van der Waals surface area contributed by atoms with Gasteiger partial charge in [-0.25, -0.2) is 8.78 Å². The molecule has 5 nitrogen and oxygen atoms in total. The van der Waals surface area contributed by atoms with Crippen LogP contribution in [0.15, 0.2) is 42.5 Å². The number of benzene rings is 2. The second-order valence-corrected chi connectivity index (χ2v) is 5.33. The second-order valence-electron chi connectivity index (χ2n) is 5.33. The number of rotatable bonds is 3. The van der Waals surface area contributed by atoms with Crippen LogP contribution in [0.2, 0.25) is 0 Å². The van der Waals surface area contributed by atoms with Crippen LogP contribution in [-0.4, -0.2) is 34.3 Å². The minimum atomic E-state index is -1.38. The van der Waals surface area contributed by atoms with Crippen LogP contribution in [0.3, 0.4) is 0 Å². The number of fused-ring (bicyclic) bond motifs is 1. The zero-order valence-electron chi connectivity index (χ0n) is 12.7. The smallest absolute Gasteiger partial charge is 0.323 e. The Labute approximate surface area is 140 Å². The molecule has 1 heterocycles. The van der Waals surface area contributed by atoms with E-state index in [4.69, 9.17) is 5.11 Å². The Kier molecular flexibility index (Phi) is 4.14. The van der Waals surface area contributed by atoms with E-state index in [9.17, 15) is 23.2 Å². The fraction of sp³-hybridized carbons (Fsp3) is 0.0556. The lowest BCUT2D eigenvalue weighted by Crippen LogP contribution is -2.44. The van der Waals surface area contributed by atoms with Crippen LogP contribution < -0.4 is 0 Å². The monoisotopic (exact) mass is 343 g/mol. The number of nitrogens with zero attached hydrogens (tertiary/aromatic N) is 1. The van der Waals surface area contributed by atoms with Gasteiger partial charge in [-0.3, -0.25) is 19.3 Å². The van der Waals surface area contributed by atoms with E-state index in [1.165, 1.54) is 18.2 Å². The van der Waals surface area contributed by atoms with Crippen molar-refractivity contribution in [3.63, 3.8) is 0 Å².